The largest absolute Gasteiger partial charge is 0.573 e. The maximum Gasteiger partial charge on any atom is 0.573 e. The van der Waals surface area contributed by atoms with E-state index in [0.717, 1.165) is 0 Å². The van der Waals surface area contributed by atoms with Gasteiger partial charge in [-0.05, 0) is 41.5 Å². The molecule has 2 aromatic heterocycles. The highest BCUT2D eigenvalue weighted by molar-refractivity contribution is 5.86. The zero-order valence-electron chi connectivity index (χ0n) is 15.4. The van der Waals surface area contributed by atoms with E-state index in [9.17, 15) is 18.0 Å². The first-order chi connectivity index (χ1) is 14.3. The number of hydrogen-bond acceptors (Lipinski definition) is 5. The summed E-state index contributed by atoms with van der Waals surface area (Å²) >= 11 is 0. The molecule has 4 aromatic rings. The SMILES string of the molecule is Nc1cccc(Cn2ncc3ccc(-c4ccc(OC(F)(F)F)cc4)cc3c2=O)n1. The van der Waals surface area contributed by atoms with Gasteiger partial charge in [0.1, 0.15) is 11.6 Å². The minimum atomic E-state index is -4.75. The molecular weight excluding hydrogens is 397 g/mol. The third-order valence-corrected chi connectivity index (χ3v) is 4.42. The summed E-state index contributed by atoms with van der Waals surface area (Å²) in [5.41, 5.74) is 7.29. The van der Waals surface area contributed by atoms with Crippen molar-refractivity contribution in [2.24, 2.45) is 0 Å². The van der Waals surface area contributed by atoms with Crippen LogP contribution in [-0.2, 0) is 6.54 Å². The predicted molar refractivity (Wildman–Crippen MR) is 106 cm³/mol. The van der Waals surface area contributed by atoms with Crippen molar-refractivity contribution in [3.05, 3.63) is 82.9 Å². The zero-order valence-corrected chi connectivity index (χ0v) is 15.4. The Morgan fingerprint density at radius 1 is 1.00 bits per heavy atom. The summed E-state index contributed by atoms with van der Waals surface area (Å²) in [5.74, 6) is 0.0369. The van der Waals surface area contributed by atoms with Gasteiger partial charge in [-0.15, -0.1) is 13.2 Å². The third-order valence-electron chi connectivity index (χ3n) is 4.42. The number of benzene rings is 2. The maximum absolute atomic E-state index is 12.9. The van der Waals surface area contributed by atoms with Crippen LogP contribution >= 0.6 is 0 Å². The second-order valence-electron chi connectivity index (χ2n) is 6.54. The van der Waals surface area contributed by atoms with Crippen molar-refractivity contribution in [1.29, 1.82) is 0 Å². The lowest BCUT2D eigenvalue weighted by Gasteiger charge is -2.10. The number of nitrogens with zero attached hydrogens (tertiary/aromatic N) is 3. The van der Waals surface area contributed by atoms with Crippen LogP contribution in [0.3, 0.4) is 0 Å². The molecule has 152 valence electrons. The van der Waals surface area contributed by atoms with Crippen LogP contribution in [0.15, 0.2) is 71.7 Å². The lowest BCUT2D eigenvalue weighted by molar-refractivity contribution is -0.274. The fraction of sp³-hybridized carbons (Fsp3) is 0.0952. The van der Waals surface area contributed by atoms with Gasteiger partial charge in [-0.1, -0.05) is 30.3 Å². The Kier molecular flexibility index (Phi) is 4.86. The molecule has 0 spiro atoms. The van der Waals surface area contributed by atoms with E-state index in [4.69, 9.17) is 5.73 Å². The van der Waals surface area contributed by atoms with Crippen LogP contribution in [0.5, 0.6) is 5.75 Å². The van der Waals surface area contributed by atoms with Crippen LogP contribution in [0.2, 0.25) is 0 Å². The van der Waals surface area contributed by atoms with Crippen molar-refractivity contribution in [1.82, 2.24) is 14.8 Å². The molecule has 0 atom stereocenters. The molecule has 0 aliphatic rings. The summed E-state index contributed by atoms with van der Waals surface area (Å²) in [5, 5.41) is 5.26. The molecule has 0 saturated heterocycles. The average molecular weight is 412 g/mol. The summed E-state index contributed by atoms with van der Waals surface area (Å²) in [7, 11) is 0. The number of halogens is 3. The van der Waals surface area contributed by atoms with Gasteiger partial charge in [0.05, 0.1) is 23.8 Å². The van der Waals surface area contributed by atoms with Crippen molar-refractivity contribution in [2.45, 2.75) is 12.9 Å². The highest BCUT2D eigenvalue weighted by Crippen LogP contribution is 2.27. The predicted octanol–water partition coefficient (Wildman–Crippen LogP) is 3.99. The molecule has 0 radical (unpaired) electrons. The number of pyridine rings is 1. The summed E-state index contributed by atoms with van der Waals surface area (Å²) in [6, 6.07) is 15.8. The van der Waals surface area contributed by atoms with E-state index in [1.165, 1.54) is 28.9 Å². The van der Waals surface area contributed by atoms with Gasteiger partial charge in [0, 0.05) is 5.39 Å². The lowest BCUT2D eigenvalue weighted by atomic mass is 10.0. The molecular formula is C21H15F3N4O2. The van der Waals surface area contributed by atoms with Gasteiger partial charge in [0.15, 0.2) is 0 Å². The van der Waals surface area contributed by atoms with Crippen LogP contribution < -0.4 is 16.0 Å². The Bertz CT molecular complexity index is 1270. The summed E-state index contributed by atoms with van der Waals surface area (Å²) in [6.07, 6.45) is -3.17. The molecule has 0 bridgehead atoms. The third kappa shape index (κ3) is 4.24. The van der Waals surface area contributed by atoms with Gasteiger partial charge in [-0.25, -0.2) is 9.67 Å². The molecule has 0 saturated carbocycles. The number of fused-ring (bicyclic) bond motifs is 1. The number of hydrogen-bond donors (Lipinski definition) is 1. The van der Waals surface area contributed by atoms with Crippen molar-refractivity contribution >= 4 is 16.6 Å². The van der Waals surface area contributed by atoms with Gasteiger partial charge in [-0.3, -0.25) is 4.79 Å². The van der Waals surface area contributed by atoms with Gasteiger partial charge < -0.3 is 10.5 Å². The van der Waals surface area contributed by atoms with E-state index < -0.39 is 6.36 Å². The average Bonchev–Trinajstić information content (AvgIpc) is 2.69. The molecule has 2 heterocycles. The van der Waals surface area contributed by atoms with Crippen molar-refractivity contribution in [2.75, 3.05) is 5.73 Å². The van der Waals surface area contributed by atoms with E-state index in [-0.39, 0.29) is 17.9 Å². The van der Waals surface area contributed by atoms with Gasteiger partial charge >= 0.3 is 6.36 Å². The normalized spacial score (nSPS) is 11.6. The van der Waals surface area contributed by atoms with Crippen molar-refractivity contribution in [3.63, 3.8) is 0 Å². The standard InChI is InChI=1S/C21H15F3N4O2/c22-21(23,24)30-17-8-6-13(7-9-17)14-4-5-15-11-26-28(20(29)18(15)10-14)12-16-2-1-3-19(25)27-16/h1-11H,12H2,(H2,25,27). The highest BCUT2D eigenvalue weighted by atomic mass is 19.4. The van der Waals surface area contributed by atoms with E-state index in [1.54, 1.807) is 42.6 Å². The molecule has 2 N–H and O–H groups in total. The minimum Gasteiger partial charge on any atom is -0.406 e. The molecule has 0 unspecified atom stereocenters. The molecule has 2 aromatic carbocycles. The van der Waals surface area contributed by atoms with Crippen LogP contribution in [0, 0.1) is 0 Å². The Labute approximate surface area is 168 Å². The molecule has 0 aliphatic carbocycles. The first-order valence-corrected chi connectivity index (χ1v) is 8.86. The topological polar surface area (TPSA) is 83.0 Å². The van der Waals surface area contributed by atoms with Crippen LogP contribution in [0.1, 0.15) is 5.69 Å². The van der Waals surface area contributed by atoms with E-state index in [0.29, 0.717) is 33.4 Å². The Morgan fingerprint density at radius 2 is 1.73 bits per heavy atom. The van der Waals surface area contributed by atoms with E-state index in [2.05, 4.69) is 14.8 Å². The molecule has 4 rings (SSSR count). The minimum absolute atomic E-state index is 0.160. The number of anilines is 1. The highest BCUT2D eigenvalue weighted by Gasteiger charge is 2.30. The van der Waals surface area contributed by atoms with Crippen molar-refractivity contribution in [3.8, 4) is 16.9 Å². The smallest absolute Gasteiger partial charge is 0.406 e. The van der Waals surface area contributed by atoms with Crippen LogP contribution in [0.4, 0.5) is 19.0 Å². The van der Waals surface area contributed by atoms with E-state index in [1.807, 2.05) is 0 Å². The number of aromatic nitrogens is 3. The van der Waals surface area contributed by atoms with Crippen molar-refractivity contribution < 1.29 is 17.9 Å². The molecule has 9 heteroatoms. The Balaban J connectivity index is 1.68. The summed E-state index contributed by atoms with van der Waals surface area (Å²) < 4.78 is 42.1. The monoisotopic (exact) mass is 412 g/mol. The number of alkyl halides is 3. The molecule has 0 aliphatic heterocycles. The number of nitrogens with two attached hydrogens (primary N) is 1. The molecule has 30 heavy (non-hydrogen) atoms. The van der Waals surface area contributed by atoms with Gasteiger partial charge in [0.2, 0.25) is 0 Å². The fourth-order valence-electron chi connectivity index (χ4n) is 3.06. The Morgan fingerprint density at radius 3 is 2.43 bits per heavy atom. The van der Waals surface area contributed by atoms with Crippen LogP contribution in [0.25, 0.3) is 21.9 Å². The first kappa shape index (κ1) is 19.4. The Hall–Kier alpha value is -3.88. The summed E-state index contributed by atoms with van der Waals surface area (Å²) in [6.45, 7) is 0.160. The van der Waals surface area contributed by atoms with Gasteiger partial charge in [-0.2, -0.15) is 5.10 Å². The molecule has 0 fully saturated rings. The summed E-state index contributed by atoms with van der Waals surface area (Å²) in [4.78, 5) is 17.1. The number of ether oxygens (including phenoxy) is 1. The fourth-order valence-corrected chi connectivity index (χ4v) is 3.06. The second-order valence-corrected chi connectivity index (χ2v) is 6.54. The zero-order chi connectivity index (χ0) is 21.3. The second kappa shape index (κ2) is 7.51. The van der Waals surface area contributed by atoms with Crippen LogP contribution in [-0.4, -0.2) is 21.1 Å². The van der Waals surface area contributed by atoms with Gasteiger partial charge in [0.25, 0.3) is 5.56 Å². The maximum atomic E-state index is 12.9. The van der Waals surface area contributed by atoms with E-state index >= 15 is 0 Å². The number of nitrogen functional groups attached to an aromatic ring is 1. The quantitative estimate of drug-likeness (QED) is 0.548. The molecule has 0 amide bonds. The lowest BCUT2D eigenvalue weighted by Crippen LogP contribution is -2.23. The molecule has 6 nitrogen and oxygen atoms in total. The number of rotatable bonds is 4. The first-order valence-electron chi connectivity index (χ1n) is 8.86.